The van der Waals surface area contributed by atoms with Gasteiger partial charge < -0.3 is 20.5 Å². The first kappa shape index (κ1) is 28.4. The van der Waals surface area contributed by atoms with E-state index in [9.17, 15) is 4.79 Å². The molecule has 3 N–H and O–H groups in total. The molecule has 4 atom stereocenters. The van der Waals surface area contributed by atoms with E-state index in [4.69, 9.17) is 25.0 Å². The van der Waals surface area contributed by atoms with E-state index in [1.54, 1.807) is 0 Å². The minimum absolute atomic E-state index is 0.0171. The molecule has 40 heavy (non-hydrogen) atoms. The Kier molecular flexibility index (Phi) is 8.99. The predicted molar refractivity (Wildman–Crippen MR) is 153 cm³/mol. The van der Waals surface area contributed by atoms with E-state index in [1.807, 2.05) is 0 Å². The number of nitrogens with zero attached hydrogens (tertiary/aromatic N) is 1. The summed E-state index contributed by atoms with van der Waals surface area (Å²) >= 11 is 0. The number of carbonyl (C=O) groups is 1. The zero-order chi connectivity index (χ0) is 27.4. The number of morpholine rings is 1. The molecule has 4 bridgehead atoms. The molecular formula is C32H49N3O5. The van der Waals surface area contributed by atoms with Gasteiger partial charge >= 0.3 is 0 Å². The van der Waals surface area contributed by atoms with E-state index >= 15 is 0 Å². The summed E-state index contributed by atoms with van der Waals surface area (Å²) in [7, 11) is 0. The smallest absolute Gasteiger partial charge is 0.226 e. The quantitative estimate of drug-likeness (QED) is 0.349. The van der Waals surface area contributed by atoms with Crippen molar-refractivity contribution in [1.29, 1.82) is 0 Å². The van der Waals surface area contributed by atoms with E-state index in [0.717, 1.165) is 103 Å². The van der Waals surface area contributed by atoms with Gasteiger partial charge in [0.1, 0.15) is 18.0 Å². The Morgan fingerprint density at radius 1 is 1.02 bits per heavy atom. The van der Waals surface area contributed by atoms with E-state index in [0.29, 0.717) is 37.5 Å². The molecule has 1 aromatic carbocycles. The Morgan fingerprint density at radius 3 is 2.58 bits per heavy atom. The van der Waals surface area contributed by atoms with E-state index in [1.165, 1.54) is 12.0 Å². The highest BCUT2D eigenvalue weighted by Gasteiger charge is 2.54. The molecule has 3 heterocycles. The Hall–Kier alpha value is -1.71. The summed E-state index contributed by atoms with van der Waals surface area (Å²) in [5.74, 6) is 2.78. The monoisotopic (exact) mass is 555 g/mol. The van der Waals surface area contributed by atoms with Crippen LogP contribution in [0.25, 0.3) is 0 Å². The van der Waals surface area contributed by atoms with Crippen LogP contribution in [0.1, 0.15) is 82.1 Å². The topological polar surface area (TPSA) is 95.3 Å². The lowest BCUT2D eigenvalue weighted by molar-refractivity contribution is -0.395. The van der Waals surface area contributed by atoms with Crippen LogP contribution < -0.4 is 15.8 Å². The zero-order valence-corrected chi connectivity index (χ0v) is 24.1. The lowest BCUT2D eigenvalue weighted by atomic mass is 9.56. The number of hydrogen-bond donors (Lipinski definition) is 2. The van der Waals surface area contributed by atoms with Crippen LogP contribution >= 0.6 is 0 Å². The minimum Gasteiger partial charge on any atom is -0.492 e. The third-order valence-electron chi connectivity index (χ3n) is 10.4. The van der Waals surface area contributed by atoms with E-state index in [-0.39, 0.29) is 23.0 Å². The molecule has 6 fully saturated rings. The number of carbonyl (C=O) groups excluding carboxylic acids is 1. The van der Waals surface area contributed by atoms with Gasteiger partial charge in [0.15, 0.2) is 0 Å². The van der Waals surface area contributed by atoms with Crippen molar-refractivity contribution in [2.24, 2.45) is 23.0 Å². The first-order chi connectivity index (χ1) is 19.5. The summed E-state index contributed by atoms with van der Waals surface area (Å²) in [5, 5.41) is 3.20. The third kappa shape index (κ3) is 6.51. The second kappa shape index (κ2) is 12.7. The van der Waals surface area contributed by atoms with Crippen molar-refractivity contribution in [3.8, 4) is 5.75 Å². The standard InChI is InChI=1S/C32H49N3O5/c33-10-1-11-34-30(36)31-20-24-18-25(21-31)22-32(40-39-29(19-24)23-31)8-6-27(7-9-32)26-2-4-28(5-3-26)38-17-14-35-12-15-37-16-13-35/h2-5,24-25,27,29H,1,6-23,33H2,(H,34,36)/t24?,25?,27-,29?,31?,32+. The summed E-state index contributed by atoms with van der Waals surface area (Å²) in [4.78, 5) is 28.5. The van der Waals surface area contributed by atoms with E-state index in [2.05, 4.69) is 34.5 Å². The summed E-state index contributed by atoms with van der Waals surface area (Å²) in [6, 6.07) is 8.76. The number of hydrogen-bond acceptors (Lipinski definition) is 7. The molecule has 6 aliphatic rings. The maximum Gasteiger partial charge on any atom is 0.226 e. The number of rotatable bonds is 9. The minimum atomic E-state index is -0.302. The van der Waals surface area contributed by atoms with Crippen LogP contribution in [0.5, 0.6) is 5.75 Å². The first-order valence-electron chi connectivity index (χ1n) is 15.9. The van der Waals surface area contributed by atoms with Crippen LogP contribution in [0.2, 0.25) is 0 Å². The van der Waals surface area contributed by atoms with Gasteiger partial charge in [-0.2, -0.15) is 0 Å². The average Bonchev–Trinajstić information content (AvgIpc) is 3.04. The maximum absolute atomic E-state index is 13.4. The van der Waals surface area contributed by atoms with Gasteiger partial charge in [0.25, 0.3) is 0 Å². The van der Waals surface area contributed by atoms with Crippen LogP contribution in [0, 0.1) is 17.3 Å². The molecule has 1 amide bonds. The van der Waals surface area contributed by atoms with Crippen molar-refractivity contribution in [2.45, 2.75) is 88.3 Å². The molecule has 7 rings (SSSR count). The highest BCUT2D eigenvalue weighted by atomic mass is 17.2. The van der Waals surface area contributed by atoms with Crippen molar-refractivity contribution in [3.63, 3.8) is 0 Å². The number of fused-ring (bicyclic) bond motifs is 1. The Balaban J connectivity index is 1.03. The molecule has 1 aromatic rings. The van der Waals surface area contributed by atoms with E-state index < -0.39 is 0 Å². The molecule has 3 saturated carbocycles. The van der Waals surface area contributed by atoms with Crippen LogP contribution in [0.4, 0.5) is 0 Å². The number of nitrogens with two attached hydrogens (primary N) is 1. The number of benzene rings is 1. The highest BCUT2D eigenvalue weighted by Crippen LogP contribution is 2.56. The fourth-order valence-electron chi connectivity index (χ4n) is 8.51. The van der Waals surface area contributed by atoms with Gasteiger partial charge in [-0.25, -0.2) is 9.78 Å². The largest absolute Gasteiger partial charge is 0.492 e. The molecule has 8 nitrogen and oxygen atoms in total. The molecule has 4 unspecified atom stereocenters. The molecule has 3 aliphatic carbocycles. The number of ether oxygens (including phenoxy) is 2. The fraction of sp³-hybridized carbons (Fsp3) is 0.781. The van der Waals surface area contributed by atoms with Crippen molar-refractivity contribution in [1.82, 2.24) is 10.2 Å². The predicted octanol–water partition coefficient (Wildman–Crippen LogP) is 4.18. The first-order valence-corrected chi connectivity index (χ1v) is 15.9. The second-order valence-electron chi connectivity index (χ2n) is 13.3. The molecule has 1 spiro atoms. The van der Waals surface area contributed by atoms with Crippen molar-refractivity contribution >= 4 is 5.91 Å². The van der Waals surface area contributed by atoms with Crippen LogP contribution in [-0.2, 0) is 19.3 Å². The number of nitrogens with one attached hydrogen (secondary N) is 1. The number of amides is 1. The second-order valence-corrected chi connectivity index (χ2v) is 13.3. The lowest BCUT2D eigenvalue weighted by Crippen LogP contribution is -2.51. The van der Waals surface area contributed by atoms with Crippen LogP contribution in [0.3, 0.4) is 0 Å². The normalized spacial score (nSPS) is 36.1. The van der Waals surface area contributed by atoms with Gasteiger partial charge in [0, 0.05) is 26.2 Å². The average molecular weight is 556 g/mol. The molecule has 3 aliphatic heterocycles. The van der Waals surface area contributed by atoms with Gasteiger partial charge in [-0.15, -0.1) is 0 Å². The Labute approximate surface area is 239 Å². The fourth-order valence-corrected chi connectivity index (χ4v) is 8.51. The highest BCUT2D eigenvalue weighted by molar-refractivity contribution is 5.83. The van der Waals surface area contributed by atoms with Crippen molar-refractivity contribution in [2.75, 3.05) is 52.5 Å². The molecule has 0 radical (unpaired) electrons. The summed E-state index contributed by atoms with van der Waals surface area (Å²) < 4.78 is 11.5. The molecule has 3 saturated heterocycles. The summed E-state index contributed by atoms with van der Waals surface area (Å²) in [5.41, 5.74) is 6.53. The molecule has 0 aromatic heterocycles. The van der Waals surface area contributed by atoms with Gasteiger partial charge in [0.2, 0.25) is 5.91 Å². The van der Waals surface area contributed by atoms with Crippen LogP contribution in [-0.4, -0.2) is 75.1 Å². The van der Waals surface area contributed by atoms with Gasteiger partial charge in [-0.05, 0) is 113 Å². The van der Waals surface area contributed by atoms with Crippen molar-refractivity contribution < 1.29 is 24.0 Å². The SMILES string of the molecule is NCCCNC(=O)C12CC3CC(C1)C[C@]1(CC[C@H](c4ccc(OCCN5CCOCC5)cc4)CC1)OOC(C3)C2. The van der Waals surface area contributed by atoms with Crippen molar-refractivity contribution in [3.05, 3.63) is 29.8 Å². The van der Waals surface area contributed by atoms with Gasteiger partial charge in [-0.3, -0.25) is 9.69 Å². The molecular weight excluding hydrogens is 506 g/mol. The Morgan fingerprint density at radius 2 is 1.80 bits per heavy atom. The summed E-state index contributed by atoms with van der Waals surface area (Å²) in [6.07, 6.45) is 11.1. The Bertz CT molecular complexity index is 975. The van der Waals surface area contributed by atoms with Gasteiger partial charge in [0.05, 0.1) is 24.7 Å². The third-order valence-corrected chi connectivity index (χ3v) is 10.4. The maximum atomic E-state index is 13.4. The van der Waals surface area contributed by atoms with Gasteiger partial charge in [-0.1, -0.05) is 12.1 Å². The summed E-state index contributed by atoms with van der Waals surface area (Å²) in [6.45, 7) is 6.56. The van der Waals surface area contributed by atoms with Crippen LogP contribution in [0.15, 0.2) is 24.3 Å². The molecule has 8 heteroatoms. The molecule has 222 valence electrons. The lowest BCUT2D eigenvalue weighted by Gasteiger charge is -2.48. The zero-order valence-electron chi connectivity index (χ0n) is 24.1.